The van der Waals surface area contributed by atoms with Gasteiger partial charge in [-0.05, 0) is 76.3 Å². The number of likely N-dealkylation sites (tertiary alicyclic amines) is 1. The van der Waals surface area contributed by atoms with Crippen molar-refractivity contribution in [2.45, 2.75) is 32.4 Å². The zero-order chi connectivity index (χ0) is 17.6. The first-order chi connectivity index (χ1) is 12.2. The van der Waals surface area contributed by atoms with Gasteiger partial charge in [0.25, 0.3) is 0 Å². The zero-order valence-electron chi connectivity index (χ0n) is 15.6. The Hall–Kier alpha value is -1.91. The normalized spacial score (nSPS) is 16.3. The number of aromatic nitrogens is 1. The SMILES string of the molecule is CCOc1ccc(-c2cncc(CN(C)C3CCN(C)CC3)c2)cc1. The molecule has 2 aromatic rings. The Kier molecular flexibility index (Phi) is 6.05. The highest BCUT2D eigenvalue weighted by atomic mass is 16.5. The van der Waals surface area contributed by atoms with Crippen molar-refractivity contribution in [1.29, 1.82) is 0 Å². The van der Waals surface area contributed by atoms with Crippen LogP contribution in [0.4, 0.5) is 0 Å². The van der Waals surface area contributed by atoms with E-state index in [4.69, 9.17) is 4.74 Å². The molecule has 2 heterocycles. The summed E-state index contributed by atoms with van der Waals surface area (Å²) < 4.78 is 5.52. The number of pyridine rings is 1. The van der Waals surface area contributed by atoms with Crippen LogP contribution in [0.2, 0.25) is 0 Å². The lowest BCUT2D eigenvalue weighted by atomic mass is 10.0. The topological polar surface area (TPSA) is 28.6 Å². The van der Waals surface area contributed by atoms with Crippen LogP contribution in [0.1, 0.15) is 25.3 Å². The molecule has 0 aliphatic carbocycles. The molecule has 0 amide bonds. The first kappa shape index (κ1) is 17.9. The summed E-state index contributed by atoms with van der Waals surface area (Å²) in [4.78, 5) is 9.36. The molecule has 0 bridgehead atoms. The fourth-order valence-electron chi connectivity index (χ4n) is 3.50. The van der Waals surface area contributed by atoms with Crippen LogP contribution in [0.5, 0.6) is 5.75 Å². The molecule has 0 saturated carbocycles. The maximum Gasteiger partial charge on any atom is 0.119 e. The Balaban J connectivity index is 1.66. The van der Waals surface area contributed by atoms with Crippen LogP contribution < -0.4 is 4.74 Å². The van der Waals surface area contributed by atoms with Gasteiger partial charge in [0.1, 0.15) is 5.75 Å². The van der Waals surface area contributed by atoms with Crippen molar-refractivity contribution in [2.75, 3.05) is 33.8 Å². The molecule has 4 heteroatoms. The van der Waals surface area contributed by atoms with Gasteiger partial charge in [-0.2, -0.15) is 0 Å². The highest BCUT2D eigenvalue weighted by molar-refractivity contribution is 5.63. The second kappa shape index (κ2) is 8.45. The van der Waals surface area contributed by atoms with Crippen molar-refractivity contribution in [2.24, 2.45) is 0 Å². The predicted octanol–water partition coefficient (Wildman–Crippen LogP) is 3.67. The number of hydrogen-bond donors (Lipinski definition) is 0. The monoisotopic (exact) mass is 339 g/mol. The number of rotatable bonds is 6. The number of benzene rings is 1. The minimum absolute atomic E-state index is 0.672. The molecule has 1 aromatic heterocycles. The second-order valence-corrected chi connectivity index (χ2v) is 6.99. The van der Waals surface area contributed by atoms with E-state index < -0.39 is 0 Å². The van der Waals surface area contributed by atoms with Gasteiger partial charge in [0.05, 0.1) is 6.61 Å². The second-order valence-electron chi connectivity index (χ2n) is 6.99. The summed E-state index contributed by atoms with van der Waals surface area (Å²) in [5, 5.41) is 0. The van der Waals surface area contributed by atoms with Gasteiger partial charge in [-0.3, -0.25) is 9.88 Å². The van der Waals surface area contributed by atoms with Gasteiger partial charge in [0, 0.05) is 30.5 Å². The third-order valence-electron chi connectivity index (χ3n) is 5.04. The van der Waals surface area contributed by atoms with Crippen molar-refractivity contribution in [3.63, 3.8) is 0 Å². The maximum atomic E-state index is 5.52. The van der Waals surface area contributed by atoms with Crippen LogP contribution in [-0.4, -0.2) is 54.6 Å². The van der Waals surface area contributed by atoms with Crippen LogP contribution in [0.15, 0.2) is 42.7 Å². The molecule has 25 heavy (non-hydrogen) atoms. The van der Waals surface area contributed by atoms with Crippen LogP contribution in [0.3, 0.4) is 0 Å². The lowest BCUT2D eigenvalue weighted by molar-refractivity contribution is 0.139. The summed E-state index contributed by atoms with van der Waals surface area (Å²) >= 11 is 0. The third-order valence-corrected chi connectivity index (χ3v) is 5.04. The van der Waals surface area contributed by atoms with Gasteiger partial charge in [-0.25, -0.2) is 0 Å². The lowest BCUT2D eigenvalue weighted by Gasteiger charge is -2.35. The highest BCUT2D eigenvalue weighted by Crippen LogP contribution is 2.24. The molecule has 1 fully saturated rings. The van der Waals surface area contributed by atoms with Crippen LogP contribution >= 0.6 is 0 Å². The average molecular weight is 339 g/mol. The summed E-state index contributed by atoms with van der Waals surface area (Å²) in [5.41, 5.74) is 3.62. The zero-order valence-corrected chi connectivity index (χ0v) is 15.6. The molecule has 1 aromatic carbocycles. The van der Waals surface area contributed by atoms with Crippen LogP contribution in [0, 0.1) is 0 Å². The van der Waals surface area contributed by atoms with Crippen molar-refractivity contribution >= 4 is 0 Å². The smallest absolute Gasteiger partial charge is 0.119 e. The standard InChI is InChI=1S/C21H29N3O/c1-4-25-21-7-5-18(6-8-21)19-13-17(14-22-15-19)16-24(3)20-9-11-23(2)12-10-20/h5-8,13-15,20H,4,9-12,16H2,1-3H3. The number of nitrogens with zero attached hydrogens (tertiary/aromatic N) is 3. The molecule has 0 radical (unpaired) electrons. The van der Waals surface area contributed by atoms with Gasteiger partial charge in [-0.15, -0.1) is 0 Å². The molecule has 1 aliphatic rings. The lowest BCUT2D eigenvalue weighted by Crippen LogP contribution is -2.41. The van der Waals surface area contributed by atoms with Crippen LogP contribution in [-0.2, 0) is 6.54 Å². The van der Waals surface area contributed by atoms with Gasteiger partial charge in [0.2, 0.25) is 0 Å². The molecule has 4 nitrogen and oxygen atoms in total. The Morgan fingerprint density at radius 2 is 1.84 bits per heavy atom. The average Bonchev–Trinajstić information content (AvgIpc) is 2.63. The molecule has 0 N–H and O–H groups in total. The van der Waals surface area contributed by atoms with E-state index in [9.17, 15) is 0 Å². The summed E-state index contributed by atoms with van der Waals surface area (Å²) in [6, 6.07) is 11.2. The number of hydrogen-bond acceptors (Lipinski definition) is 4. The molecular weight excluding hydrogens is 310 g/mol. The first-order valence-corrected chi connectivity index (χ1v) is 9.21. The molecule has 134 valence electrons. The fourth-order valence-corrected chi connectivity index (χ4v) is 3.50. The fraction of sp³-hybridized carbons (Fsp3) is 0.476. The van der Waals surface area contributed by atoms with E-state index >= 15 is 0 Å². The number of ether oxygens (including phenoxy) is 1. The largest absolute Gasteiger partial charge is 0.494 e. The minimum Gasteiger partial charge on any atom is -0.494 e. The molecule has 0 atom stereocenters. The van der Waals surface area contributed by atoms with E-state index in [2.05, 4.69) is 47.1 Å². The summed E-state index contributed by atoms with van der Waals surface area (Å²) in [5.74, 6) is 0.914. The molecule has 1 saturated heterocycles. The quantitative estimate of drug-likeness (QED) is 0.803. The molecule has 0 unspecified atom stereocenters. The van der Waals surface area contributed by atoms with Crippen LogP contribution in [0.25, 0.3) is 11.1 Å². The van der Waals surface area contributed by atoms with Crippen molar-refractivity contribution in [3.05, 3.63) is 48.3 Å². The highest BCUT2D eigenvalue weighted by Gasteiger charge is 2.20. The molecular formula is C21H29N3O. The summed E-state index contributed by atoms with van der Waals surface area (Å²) in [7, 11) is 4.44. The van der Waals surface area contributed by atoms with Gasteiger partial charge in [-0.1, -0.05) is 12.1 Å². The summed E-state index contributed by atoms with van der Waals surface area (Å²) in [6.45, 7) is 6.03. The third kappa shape index (κ3) is 4.80. The Bertz CT molecular complexity index is 663. The number of piperidine rings is 1. The van der Waals surface area contributed by atoms with E-state index in [0.717, 1.165) is 17.9 Å². The van der Waals surface area contributed by atoms with E-state index in [1.807, 2.05) is 31.5 Å². The summed E-state index contributed by atoms with van der Waals surface area (Å²) in [6.07, 6.45) is 6.43. The van der Waals surface area contributed by atoms with Crippen molar-refractivity contribution in [3.8, 4) is 16.9 Å². The van der Waals surface area contributed by atoms with Gasteiger partial charge >= 0.3 is 0 Å². The Morgan fingerprint density at radius 3 is 2.52 bits per heavy atom. The first-order valence-electron chi connectivity index (χ1n) is 9.21. The van der Waals surface area contributed by atoms with E-state index in [1.165, 1.54) is 37.1 Å². The molecule has 3 rings (SSSR count). The Labute approximate surface area is 151 Å². The predicted molar refractivity (Wildman–Crippen MR) is 103 cm³/mol. The minimum atomic E-state index is 0.672. The van der Waals surface area contributed by atoms with Crippen molar-refractivity contribution < 1.29 is 4.74 Å². The van der Waals surface area contributed by atoms with Gasteiger partial charge in [0.15, 0.2) is 0 Å². The Morgan fingerprint density at radius 1 is 1.12 bits per heavy atom. The van der Waals surface area contributed by atoms with E-state index in [0.29, 0.717) is 12.6 Å². The molecule has 1 aliphatic heterocycles. The molecule has 0 spiro atoms. The van der Waals surface area contributed by atoms with Gasteiger partial charge < -0.3 is 9.64 Å². The van der Waals surface area contributed by atoms with Crippen molar-refractivity contribution in [1.82, 2.24) is 14.8 Å². The van der Waals surface area contributed by atoms with E-state index in [1.54, 1.807) is 0 Å². The van der Waals surface area contributed by atoms with E-state index in [-0.39, 0.29) is 0 Å². The maximum absolute atomic E-state index is 5.52.